The third-order valence-electron chi connectivity index (χ3n) is 3.76. The average Bonchev–Trinajstić information content (AvgIpc) is 2.64. The van der Waals surface area contributed by atoms with E-state index in [1.807, 2.05) is 17.8 Å². The molecule has 1 rings (SSSR count). The van der Waals surface area contributed by atoms with Crippen LogP contribution < -0.4 is 10.6 Å². The number of hydrogen-bond donors (Lipinski definition) is 2. The van der Waals surface area contributed by atoms with Gasteiger partial charge in [0.1, 0.15) is 0 Å². The van der Waals surface area contributed by atoms with Gasteiger partial charge in [-0.1, -0.05) is 30.3 Å². The Morgan fingerprint density at radius 2 is 1.88 bits per heavy atom. The summed E-state index contributed by atoms with van der Waals surface area (Å²) < 4.78 is 5.71. The summed E-state index contributed by atoms with van der Waals surface area (Å²) >= 11 is 1.91. The van der Waals surface area contributed by atoms with Gasteiger partial charge in [-0.2, -0.15) is 11.8 Å². The SMILES string of the molecule is CCNC(=NCCCCOCCc1ccccc1)NCCCCSC. The van der Waals surface area contributed by atoms with Gasteiger partial charge >= 0.3 is 0 Å². The summed E-state index contributed by atoms with van der Waals surface area (Å²) in [6.45, 7) is 6.47. The lowest BCUT2D eigenvalue weighted by atomic mass is 10.2. The lowest BCUT2D eigenvalue weighted by Gasteiger charge is -2.11. The van der Waals surface area contributed by atoms with Crippen LogP contribution in [-0.4, -0.2) is 50.8 Å². The van der Waals surface area contributed by atoms with Crippen molar-refractivity contribution in [3.8, 4) is 0 Å². The number of benzene rings is 1. The molecule has 4 nitrogen and oxygen atoms in total. The first-order valence-corrected chi connectivity index (χ1v) is 10.9. The van der Waals surface area contributed by atoms with Crippen LogP contribution in [-0.2, 0) is 11.2 Å². The highest BCUT2D eigenvalue weighted by Crippen LogP contribution is 2.00. The molecule has 0 radical (unpaired) electrons. The van der Waals surface area contributed by atoms with Crippen molar-refractivity contribution in [2.75, 3.05) is 44.9 Å². The van der Waals surface area contributed by atoms with Crippen LogP contribution in [0.4, 0.5) is 0 Å². The Bertz CT molecular complexity index is 440. The molecule has 2 N–H and O–H groups in total. The maximum Gasteiger partial charge on any atom is 0.191 e. The number of nitrogens with zero attached hydrogens (tertiary/aromatic N) is 1. The molecule has 5 heteroatoms. The molecule has 0 aliphatic carbocycles. The van der Waals surface area contributed by atoms with Crippen LogP contribution in [0, 0.1) is 0 Å². The Morgan fingerprint density at radius 1 is 1.04 bits per heavy atom. The summed E-state index contributed by atoms with van der Waals surface area (Å²) in [7, 11) is 0. The van der Waals surface area contributed by atoms with Gasteiger partial charge in [-0.25, -0.2) is 0 Å². The largest absolute Gasteiger partial charge is 0.381 e. The van der Waals surface area contributed by atoms with Crippen molar-refractivity contribution in [2.24, 2.45) is 4.99 Å². The predicted molar refractivity (Wildman–Crippen MR) is 112 cm³/mol. The van der Waals surface area contributed by atoms with E-state index in [4.69, 9.17) is 4.74 Å². The Labute approximate surface area is 158 Å². The third-order valence-corrected chi connectivity index (χ3v) is 4.45. The van der Waals surface area contributed by atoms with Gasteiger partial charge in [0.25, 0.3) is 0 Å². The van der Waals surface area contributed by atoms with Gasteiger partial charge in [0, 0.05) is 26.2 Å². The molecule has 0 saturated carbocycles. The number of ether oxygens (including phenoxy) is 1. The second-order valence-electron chi connectivity index (χ2n) is 5.94. The van der Waals surface area contributed by atoms with Gasteiger partial charge in [0.05, 0.1) is 6.61 Å². The first kappa shape index (κ1) is 21.8. The zero-order chi connectivity index (χ0) is 18.0. The van der Waals surface area contributed by atoms with Crippen molar-refractivity contribution >= 4 is 17.7 Å². The fourth-order valence-electron chi connectivity index (χ4n) is 2.36. The van der Waals surface area contributed by atoms with Gasteiger partial charge in [-0.3, -0.25) is 4.99 Å². The maximum absolute atomic E-state index is 5.71. The van der Waals surface area contributed by atoms with Gasteiger partial charge in [0.15, 0.2) is 5.96 Å². The minimum Gasteiger partial charge on any atom is -0.381 e. The predicted octanol–water partition coefficient (Wildman–Crippen LogP) is 3.72. The molecular weight excluding hydrogens is 330 g/mol. The van der Waals surface area contributed by atoms with Crippen LogP contribution >= 0.6 is 11.8 Å². The molecule has 0 aliphatic rings. The van der Waals surface area contributed by atoms with E-state index in [2.05, 4.69) is 53.1 Å². The Hall–Kier alpha value is -1.20. The summed E-state index contributed by atoms with van der Waals surface area (Å²) in [4.78, 5) is 4.63. The fraction of sp³-hybridized carbons (Fsp3) is 0.650. The average molecular weight is 366 g/mol. The van der Waals surface area contributed by atoms with Crippen LogP contribution in [0.1, 0.15) is 38.2 Å². The first-order chi connectivity index (χ1) is 12.4. The van der Waals surface area contributed by atoms with Crippen LogP contribution in [0.15, 0.2) is 35.3 Å². The summed E-state index contributed by atoms with van der Waals surface area (Å²) in [5.74, 6) is 2.18. The van der Waals surface area contributed by atoms with Gasteiger partial charge in [-0.15, -0.1) is 0 Å². The molecule has 0 bridgehead atoms. The van der Waals surface area contributed by atoms with Gasteiger partial charge in [-0.05, 0) is 56.6 Å². The molecule has 0 saturated heterocycles. The lowest BCUT2D eigenvalue weighted by Crippen LogP contribution is -2.37. The molecule has 1 aromatic rings. The normalized spacial score (nSPS) is 11.5. The standard InChI is InChI=1S/C20H35N3OS/c1-3-21-20(23-15-8-10-18-25-2)22-14-7-9-16-24-17-13-19-11-5-4-6-12-19/h4-6,11-12H,3,7-10,13-18H2,1-2H3,(H2,21,22,23). The summed E-state index contributed by atoms with van der Waals surface area (Å²) in [6.07, 6.45) is 7.72. The second-order valence-corrected chi connectivity index (χ2v) is 6.93. The van der Waals surface area contributed by atoms with Crippen molar-refractivity contribution in [3.05, 3.63) is 35.9 Å². The molecule has 0 heterocycles. The second kappa shape index (κ2) is 16.3. The molecule has 0 aromatic heterocycles. The molecule has 0 spiro atoms. The number of nitrogens with one attached hydrogen (secondary N) is 2. The van der Waals surface area contributed by atoms with Gasteiger partial charge < -0.3 is 15.4 Å². The Morgan fingerprint density at radius 3 is 2.64 bits per heavy atom. The van der Waals surface area contributed by atoms with E-state index in [-0.39, 0.29) is 0 Å². The molecule has 142 valence electrons. The zero-order valence-electron chi connectivity index (χ0n) is 15.9. The summed E-state index contributed by atoms with van der Waals surface area (Å²) in [6, 6.07) is 10.5. The van der Waals surface area contributed by atoms with Crippen molar-refractivity contribution in [1.29, 1.82) is 0 Å². The quantitative estimate of drug-likeness (QED) is 0.300. The number of thioether (sulfide) groups is 1. The van der Waals surface area contributed by atoms with Crippen LogP contribution in [0.2, 0.25) is 0 Å². The van der Waals surface area contributed by atoms with Crippen LogP contribution in [0.5, 0.6) is 0 Å². The van der Waals surface area contributed by atoms with E-state index >= 15 is 0 Å². The van der Waals surface area contributed by atoms with Crippen molar-refractivity contribution in [2.45, 2.75) is 39.0 Å². The molecule has 25 heavy (non-hydrogen) atoms. The van der Waals surface area contributed by atoms with Crippen LogP contribution in [0.25, 0.3) is 0 Å². The summed E-state index contributed by atoms with van der Waals surface area (Å²) in [5, 5.41) is 6.71. The smallest absolute Gasteiger partial charge is 0.191 e. The summed E-state index contributed by atoms with van der Waals surface area (Å²) in [5.41, 5.74) is 1.34. The van der Waals surface area contributed by atoms with Crippen molar-refractivity contribution in [1.82, 2.24) is 10.6 Å². The minimum atomic E-state index is 0.799. The van der Waals surface area contributed by atoms with E-state index in [9.17, 15) is 0 Å². The number of guanidine groups is 1. The van der Waals surface area contributed by atoms with Gasteiger partial charge in [0.2, 0.25) is 0 Å². The molecule has 0 amide bonds. The van der Waals surface area contributed by atoms with E-state index < -0.39 is 0 Å². The molecule has 0 fully saturated rings. The molecule has 0 atom stereocenters. The Kier molecular flexibility index (Phi) is 14.2. The van der Waals surface area contributed by atoms with E-state index in [1.54, 1.807) is 0 Å². The topological polar surface area (TPSA) is 45.7 Å². The third kappa shape index (κ3) is 12.8. The van der Waals surface area contributed by atoms with Crippen LogP contribution in [0.3, 0.4) is 0 Å². The molecule has 0 unspecified atom stereocenters. The number of unbranched alkanes of at least 4 members (excludes halogenated alkanes) is 2. The van der Waals surface area contributed by atoms with E-state index in [0.717, 1.165) is 58.1 Å². The monoisotopic (exact) mass is 365 g/mol. The van der Waals surface area contributed by atoms with Crippen molar-refractivity contribution in [3.63, 3.8) is 0 Å². The fourth-order valence-corrected chi connectivity index (χ4v) is 2.86. The highest BCUT2D eigenvalue weighted by atomic mass is 32.2. The molecule has 1 aromatic carbocycles. The zero-order valence-corrected chi connectivity index (χ0v) is 16.7. The molecular formula is C20H35N3OS. The maximum atomic E-state index is 5.71. The van der Waals surface area contributed by atoms with E-state index in [1.165, 1.54) is 24.2 Å². The minimum absolute atomic E-state index is 0.799. The first-order valence-electron chi connectivity index (χ1n) is 9.49. The van der Waals surface area contributed by atoms with Crippen molar-refractivity contribution < 1.29 is 4.74 Å². The van der Waals surface area contributed by atoms with E-state index in [0.29, 0.717) is 0 Å². The number of aliphatic imine (C=N–C) groups is 1. The highest BCUT2D eigenvalue weighted by molar-refractivity contribution is 7.98. The molecule has 0 aliphatic heterocycles. The number of rotatable bonds is 14. The lowest BCUT2D eigenvalue weighted by molar-refractivity contribution is 0.134. The Balaban J connectivity index is 2.02. The number of hydrogen-bond acceptors (Lipinski definition) is 3. The highest BCUT2D eigenvalue weighted by Gasteiger charge is 1.97.